The molecular formula is C44H74N4O2. The van der Waals surface area contributed by atoms with Crippen LogP contribution in [0.25, 0.3) is 11.0 Å². The predicted octanol–water partition coefficient (Wildman–Crippen LogP) is 13.1. The second kappa shape index (κ2) is 29.9. The third kappa shape index (κ3) is 20.2. The van der Waals surface area contributed by atoms with E-state index in [1.54, 1.807) is 4.68 Å². The van der Waals surface area contributed by atoms with Crippen LogP contribution < -0.4 is 0 Å². The maximum atomic E-state index is 13.4. The van der Waals surface area contributed by atoms with Crippen molar-refractivity contribution < 1.29 is 9.59 Å². The molecule has 0 atom stereocenters. The van der Waals surface area contributed by atoms with Gasteiger partial charge in [0, 0.05) is 12.8 Å². The maximum absolute atomic E-state index is 13.4. The molecule has 0 aliphatic heterocycles. The molecule has 2 amide bonds. The van der Waals surface area contributed by atoms with Crippen molar-refractivity contribution in [1.82, 2.24) is 19.9 Å². The zero-order valence-corrected chi connectivity index (χ0v) is 32.7. The molecule has 50 heavy (non-hydrogen) atoms. The summed E-state index contributed by atoms with van der Waals surface area (Å²) in [6, 6.07) is 5.94. The Kier molecular flexibility index (Phi) is 26.0. The number of aromatic nitrogens is 3. The second-order valence-corrected chi connectivity index (χ2v) is 14.6. The number of amides is 2. The highest BCUT2D eigenvalue weighted by atomic mass is 16.2. The number of hydrogen-bond donors (Lipinski definition) is 0. The fraction of sp³-hybridized carbons (Fsp3) is 0.727. The van der Waals surface area contributed by atoms with E-state index in [4.69, 9.17) is 0 Å². The lowest BCUT2D eigenvalue weighted by Crippen LogP contribution is -2.38. The van der Waals surface area contributed by atoms with Crippen LogP contribution in [0.3, 0.4) is 0 Å². The summed E-state index contributed by atoms with van der Waals surface area (Å²) in [5.74, 6) is -0.173. The molecule has 0 saturated heterocycles. The van der Waals surface area contributed by atoms with Gasteiger partial charge < -0.3 is 0 Å². The number of rotatable bonds is 32. The summed E-state index contributed by atoms with van der Waals surface area (Å²) in [5, 5.41) is 8.66. The summed E-state index contributed by atoms with van der Waals surface area (Å²) in [5.41, 5.74) is 2.72. The molecule has 0 aliphatic rings. The van der Waals surface area contributed by atoms with Crippen LogP contribution in [-0.4, -0.2) is 31.7 Å². The molecular weight excluding hydrogens is 617 g/mol. The van der Waals surface area contributed by atoms with Gasteiger partial charge in [0.15, 0.2) is 0 Å². The van der Waals surface area contributed by atoms with Crippen molar-refractivity contribution in [3.8, 4) is 0 Å². The highest BCUT2D eigenvalue weighted by Gasteiger charge is 2.22. The molecule has 2 aromatic rings. The minimum atomic E-state index is -0.0864. The first kappa shape index (κ1) is 43.4. The molecule has 0 fully saturated rings. The van der Waals surface area contributed by atoms with Crippen LogP contribution in [0.15, 0.2) is 42.5 Å². The molecule has 1 aromatic carbocycles. The topological polar surface area (TPSA) is 68.1 Å². The van der Waals surface area contributed by atoms with Gasteiger partial charge in [-0.25, -0.2) is 4.68 Å². The molecule has 2 rings (SSSR count). The van der Waals surface area contributed by atoms with E-state index in [1.165, 1.54) is 120 Å². The van der Waals surface area contributed by atoms with Crippen molar-refractivity contribution in [2.45, 2.75) is 207 Å². The van der Waals surface area contributed by atoms with Crippen LogP contribution in [0.5, 0.6) is 0 Å². The molecule has 0 spiro atoms. The molecule has 1 aromatic heterocycles. The normalized spacial score (nSPS) is 11.8. The van der Waals surface area contributed by atoms with Gasteiger partial charge in [-0.2, -0.15) is 0 Å². The molecule has 0 radical (unpaired) electrons. The summed E-state index contributed by atoms with van der Waals surface area (Å²) in [6.45, 7) is 6.68. The molecule has 0 unspecified atom stereocenters. The minimum Gasteiger partial charge on any atom is -0.274 e. The zero-order valence-electron chi connectivity index (χ0n) is 32.7. The number of carbonyl (C=O) groups excluding carboxylic acids is 2. The zero-order chi connectivity index (χ0) is 35.9. The molecule has 0 saturated carbocycles. The van der Waals surface area contributed by atoms with Gasteiger partial charge in [0.05, 0.1) is 5.52 Å². The Morgan fingerprint density at radius 3 is 1.42 bits per heavy atom. The van der Waals surface area contributed by atoms with E-state index in [0.29, 0.717) is 12.8 Å². The van der Waals surface area contributed by atoms with Crippen LogP contribution in [0.1, 0.15) is 199 Å². The molecule has 1 heterocycles. The van der Waals surface area contributed by atoms with Gasteiger partial charge in [0.2, 0.25) is 11.8 Å². The lowest BCUT2D eigenvalue weighted by Gasteiger charge is -2.21. The summed E-state index contributed by atoms with van der Waals surface area (Å²) >= 11 is 0. The number of imide groups is 1. The van der Waals surface area contributed by atoms with Crippen molar-refractivity contribution in [3.63, 3.8) is 0 Å². The van der Waals surface area contributed by atoms with Gasteiger partial charge in [0.1, 0.15) is 12.2 Å². The molecule has 0 N–H and O–H groups in total. The van der Waals surface area contributed by atoms with Gasteiger partial charge in [-0.05, 0) is 82.8 Å². The van der Waals surface area contributed by atoms with Crippen LogP contribution in [0.4, 0.5) is 0 Å². The van der Waals surface area contributed by atoms with E-state index in [0.717, 1.165) is 68.0 Å². The molecule has 6 nitrogen and oxygen atoms in total. The summed E-state index contributed by atoms with van der Waals surface area (Å²) < 4.78 is 1.71. The van der Waals surface area contributed by atoms with Gasteiger partial charge in [0.25, 0.3) is 0 Å². The van der Waals surface area contributed by atoms with Crippen molar-refractivity contribution in [1.29, 1.82) is 0 Å². The van der Waals surface area contributed by atoms with Crippen molar-refractivity contribution in [3.05, 3.63) is 48.1 Å². The van der Waals surface area contributed by atoms with E-state index in [9.17, 15) is 9.59 Å². The van der Waals surface area contributed by atoms with E-state index >= 15 is 0 Å². The summed E-state index contributed by atoms with van der Waals surface area (Å²) in [4.78, 5) is 28.3. The van der Waals surface area contributed by atoms with Crippen LogP contribution in [0, 0.1) is 6.92 Å². The first-order valence-corrected chi connectivity index (χ1v) is 21.0. The van der Waals surface area contributed by atoms with Gasteiger partial charge in [-0.3, -0.25) is 14.5 Å². The minimum absolute atomic E-state index is 0.0864. The number of fused-ring (bicyclic) bond motifs is 1. The number of nitrogens with zero attached hydrogens (tertiary/aromatic N) is 4. The first-order chi connectivity index (χ1) is 24.6. The third-order valence-corrected chi connectivity index (χ3v) is 9.93. The van der Waals surface area contributed by atoms with Gasteiger partial charge >= 0.3 is 0 Å². The van der Waals surface area contributed by atoms with Gasteiger partial charge in [-0.1, -0.05) is 158 Å². The molecule has 282 valence electrons. The number of carbonyl (C=O) groups is 2. The standard InChI is InChI=1S/C44H74N4O2/c1-4-6-8-10-12-14-16-18-20-22-24-26-28-30-32-37-42(49)47(39-48-41-36-34-35-40(3)44(41)45-46-48)43(50)38-33-31-29-27-25-23-21-19-17-15-13-11-9-7-5-2/h18-21,34-36H,4-17,22-33,37-39H2,1-3H3/b20-18-,21-19-. The Morgan fingerprint density at radius 1 is 0.580 bits per heavy atom. The fourth-order valence-electron chi connectivity index (χ4n) is 6.63. The average molecular weight is 691 g/mol. The lowest BCUT2D eigenvalue weighted by molar-refractivity contribution is -0.147. The number of aryl methyl sites for hydroxylation is 1. The highest BCUT2D eigenvalue weighted by Crippen LogP contribution is 2.18. The largest absolute Gasteiger partial charge is 0.274 e. The fourth-order valence-corrected chi connectivity index (χ4v) is 6.63. The van der Waals surface area contributed by atoms with E-state index in [1.807, 2.05) is 25.1 Å². The highest BCUT2D eigenvalue weighted by molar-refractivity contribution is 5.95. The van der Waals surface area contributed by atoms with Crippen molar-refractivity contribution in [2.24, 2.45) is 0 Å². The quantitative estimate of drug-likeness (QED) is 0.0566. The van der Waals surface area contributed by atoms with Crippen LogP contribution in [0.2, 0.25) is 0 Å². The Hall–Kier alpha value is -2.76. The predicted molar refractivity (Wildman–Crippen MR) is 213 cm³/mol. The van der Waals surface area contributed by atoms with E-state index in [-0.39, 0.29) is 18.5 Å². The van der Waals surface area contributed by atoms with Crippen LogP contribution in [-0.2, 0) is 16.3 Å². The Morgan fingerprint density at radius 2 is 0.980 bits per heavy atom. The lowest BCUT2D eigenvalue weighted by atomic mass is 10.1. The van der Waals surface area contributed by atoms with Gasteiger partial charge in [-0.15, -0.1) is 5.10 Å². The number of unbranched alkanes of at least 4 members (excludes halogenated alkanes) is 22. The third-order valence-electron chi connectivity index (χ3n) is 9.93. The Labute approximate surface area is 306 Å². The monoisotopic (exact) mass is 691 g/mol. The second-order valence-electron chi connectivity index (χ2n) is 14.6. The number of hydrogen-bond acceptors (Lipinski definition) is 4. The van der Waals surface area contributed by atoms with E-state index < -0.39 is 0 Å². The van der Waals surface area contributed by atoms with Crippen molar-refractivity contribution in [2.75, 3.05) is 0 Å². The molecule has 0 aliphatic carbocycles. The van der Waals surface area contributed by atoms with Crippen LogP contribution >= 0.6 is 0 Å². The first-order valence-electron chi connectivity index (χ1n) is 21.0. The van der Waals surface area contributed by atoms with Crippen molar-refractivity contribution >= 4 is 22.8 Å². The average Bonchev–Trinajstić information content (AvgIpc) is 3.54. The number of benzene rings is 1. The molecule has 0 bridgehead atoms. The smallest absolute Gasteiger partial charge is 0.230 e. The summed E-state index contributed by atoms with van der Waals surface area (Å²) in [6.07, 6.45) is 42.0. The summed E-state index contributed by atoms with van der Waals surface area (Å²) in [7, 11) is 0. The number of allylic oxidation sites excluding steroid dienone is 4. The Balaban J connectivity index is 1.67. The Bertz CT molecular complexity index is 1150. The maximum Gasteiger partial charge on any atom is 0.230 e. The SMILES string of the molecule is CCCCCCCC/C=C\CCCCCCCC(=O)N(Cn1nnc2c(C)cccc21)C(=O)CCCCCCC/C=C\CCCCCCCC. The molecule has 6 heteroatoms. The van der Waals surface area contributed by atoms with E-state index in [2.05, 4.69) is 48.5 Å².